The molecule has 1 saturated heterocycles. The van der Waals surface area contributed by atoms with Crippen molar-refractivity contribution in [2.24, 2.45) is 11.1 Å². The van der Waals surface area contributed by atoms with Crippen LogP contribution in [0.25, 0.3) is 0 Å². The first-order chi connectivity index (χ1) is 16.3. The molecule has 0 spiro atoms. The molecule has 2 aliphatic heterocycles. The number of allylic oxidation sites excluding steroid dienone is 3. The zero-order valence-corrected chi connectivity index (χ0v) is 19.9. The molecular weight excluding hydrogens is 436 g/mol. The first-order valence-electron chi connectivity index (χ1n) is 11.9. The normalized spacial score (nSPS) is 25.1. The topological polar surface area (TPSA) is 109 Å². The summed E-state index contributed by atoms with van der Waals surface area (Å²) in [5.74, 6) is -1.07. The molecule has 1 fully saturated rings. The van der Waals surface area contributed by atoms with Gasteiger partial charge in [-0.15, -0.1) is 0 Å². The quantitative estimate of drug-likeness (QED) is 0.391. The van der Waals surface area contributed by atoms with Crippen LogP contribution in [0.1, 0.15) is 61.9 Å². The highest BCUT2D eigenvalue weighted by atomic mass is 16.6. The lowest BCUT2D eigenvalue weighted by molar-refractivity contribution is -0.137. The van der Waals surface area contributed by atoms with E-state index in [1.165, 1.54) is 6.07 Å². The zero-order valence-electron chi connectivity index (χ0n) is 19.9. The molecule has 34 heavy (non-hydrogen) atoms. The van der Waals surface area contributed by atoms with Crippen molar-refractivity contribution >= 4 is 17.6 Å². The maximum Gasteiger partial charge on any atom is 0.342 e. The van der Waals surface area contributed by atoms with Crippen molar-refractivity contribution in [2.75, 3.05) is 19.7 Å². The standard InChI is InChI=1S/C26H34N2O6/c1-18-8-6-10-19(2)34-26(32)25-20(15-22(29)16-23(25)30)14-21(11-7-9-18)27-33-17-24(31)28-12-4-3-5-13-28/h6-8,11,15-16,18-19,29-30H,3-5,9-10,12-14,17H2,1-2H3/b8-6+,11-7+,27-21-/t18-,19-/m1/s1. The van der Waals surface area contributed by atoms with Gasteiger partial charge in [0, 0.05) is 32.0 Å². The Morgan fingerprint density at radius 2 is 1.91 bits per heavy atom. The van der Waals surface area contributed by atoms with Crippen LogP contribution < -0.4 is 0 Å². The number of rotatable bonds is 3. The summed E-state index contributed by atoms with van der Waals surface area (Å²) in [4.78, 5) is 32.4. The highest BCUT2D eigenvalue weighted by Gasteiger charge is 2.22. The minimum Gasteiger partial charge on any atom is -0.508 e. The molecule has 0 bridgehead atoms. The number of hydrogen-bond donors (Lipinski definition) is 2. The number of carbonyl (C=O) groups excluding carboxylic acids is 2. The van der Waals surface area contributed by atoms with Gasteiger partial charge in [0.15, 0.2) is 6.61 Å². The lowest BCUT2D eigenvalue weighted by Gasteiger charge is -2.26. The minimum atomic E-state index is -0.678. The molecular formula is C26H34N2O6. The van der Waals surface area contributed by atoms with Gasteiger partial charge in [-0.2, -0.15) is 0 Å². The van der Waals surface area contributed by atoms with Gasteiger partial charge in [0.2, 0.25) is 0 Å². The number of ether oxygens (including phenoxy) is 1. The molecule has 0 aromatic heterocycles. The van der Waals surface area contributed by atoms with E-state index in [2.05, 4.69) is 18.2 Å². The van der Waals surface area contributed by atoms with Crippen LogP contribution in [0.4, 0.5) is 0 Å². The Labute approximate surface area is 200 Å². The van der Waals surface area contributed by atoms with Crippen LogP contribution in [0.3, 0.4) is 0 Å². The van der Waals surface area contributed by atoms with E-state index < -0.39 is 5.97 Å². The number of esters is 1. The molecule has 2 N–H and O–H groups in total. The summed E-state index contributed by atoms with van der Waals surface area (Å²) in [6.07, 6.45) is 11.9. The average molecular weight is 471 g/mol. The lowest BCUT2D eigenvalue weighted by Crippen LogP contribution is -2.37. The number of carbonyl (C=O) groups is 2. The third kappa shape index (κ3) is 7.37. The van der Waals surface area contributed by atoms with Gasteiger partial charge in [-0.3, -0.25) is 4.79 Å². The summed E-state index contributed by atoms with van der Waals surface area (Å²) in [7, 11) is 0. The first-order valence-corrected chi connectivity index (χ1v) is 11.9. The number of aromatic hydroxyl groups is 2. The molecule has 2 aliphatic rings. The van der Waals surface area contributed by atoms with Gasteiger partial charge in [-0.1, -0.05) is 30.3 Å². The maximum absolute atomic E-state index is 12.8. The number of phenolic OH excluding ortho intramolecular Hbond substituents is 2. The predicted octanol–water partition coefficient (Wildman–Crippen LogP) is 4.11. The molecule has 3 rings (SSSR count). The van der Waals surface area contributed by atoms with Crippen LogP contribution in [-0.4, -0.2) is 58.5 Å². The summed E-state index contributed by atoms with van der Waals surface area (Å²) < 4.78 is 5.52. The molecule has 184 valence electrons. The Morgan fingerprint density at radius 3 is 2.68 bits per heavy atom. The smallest absolute Gasteiger partial charge is 0.342 e. The monoisotopic (exact) mass is 470 g/mol. The van der Waals surface area contributed by atoms with E-state index in [4.69, 9.17) is 9.57 Å². The Hall–Kier alpha value is -3.29. The number of hydrogen-bond acceptors (Lipinski definition) is 7. The van der Waals surface area contributed by atoms with Gasteiger partial charge < -0.3 is 24.7 Å². The van der Waals surface area contributed by atoms with E-state index in [0.717, 1.165) is 44.8 Å². The largest absolute Gasteiger partial charge is 0.508 e. The van der Waals surface area contributed by atoms with Gasteiger partial charge >= 0.3 is 5.97 Å². The van der Waals surface area contributed by atoms with E-state index in [1.807, 2.05) is 12.2 Å². The second-order valence-electron chi connectivity index (χ2n) is 8.97. The molecule has 2 atom stereocenters. The molecule has 8 nitrogen and oxygen atoms in total. The van der Waals surface area contributed by atoms with Gasteiger partial charge in [0.1, 0.15) is 23.2 Å². The Kier molecular flexibility index (Phi) is 9.13. The predicted molar refractivity (Wildman–Crippen MR) is 129 cm³/mol. The number of amides is 1. The molecule has 0 aliphatic carbocycles. The SMILES string of the molecule is C[C@@H]1/C=C/C[C@@H](C)OC(=O)c2c(O)cc(O)cc2CC(=N\OCC(=O)N2CCCCC2)/C=C/C1. The number of benzene rings is 1. The average Bonchev–Trinajstić information content (AvgIpc) is 2.78. The highest BCUT2D eigenvalue weighted by molar-refractivity contribution is 6.00. The van der Waals surface area contributed by atoms with Crippen molar-refractivity contribution in [1.82, 2.24) is 4.90 Å². The van der Waals surface area contributed by atoms with Crippen LogP contribution >= 0.6 is 0 Å². The number of nitrogens with zero attached hydrogens (tertiary/aromatic N) is 2. The van der Waals surface area contributed by atoms with Crippen molar-refractivity contribution in [3.8, 4) is 11.5 Å². The third-order valence-corrected chi connectivity index (χ3v) is 5.90. The molecule has 2 heterocycles. The molecule has 0 radical (unpaired) electrons. The number of cyclic esters (lactones) is 1. The maximum atomic E-state index is 12.8. The highest BCUT2D eigenvalue weighted by Crippen LogP contribution is 2.29. The Morgan fingerprint density at radius 1 is 1.15 bits per heavy atom. The van der Waals surface area contributed by atoms with Crippen molar-refractivity contribution in [3.05, 3.63) is 47.6 Å². The van der Waals surface area contributed by atoms with E-state index in [1.54, 1.807) is 17.9 Å². The Bertz CT molecular complexity index is 962. The number of fused-ring (bicyclic) bond motifs is 1. The number of likely N-dealkylation sites (tertiary alicyclic amines) is 1. The van der Waals surface area contributed by atoms with Crippen molar-refractivity contribution < 1.29 is 29.4 Å². The number of phenols is 2. The van der Waals surface area contributed by atoms with E-state index in [9.17, 15) is 19.8 Å². The first kappa shape index (κ1) is 25.3. The van der Waals surface area contributed by atoms with Crippen LogP contribution in [0.5, 0.6) is 11.5 Å². The Balaban J connectivity index is 1.86. The fraction of sp³-hybridized carbons (Fsp3) is 0.500. The number of oxime groups is 1. The molecule has 1 aromatic carbocycles. The van der Waals surface area contributed by atoms with E-state index >= 15 is 0 Å². The fourth-order valence-corrected chi connectivity index (χ4v) is 4.06. The van der Waals surface area contributed by atoms with Crippen LogP contribution in [0.15, 0.2) is 41.6 Å². The summed E-state index contributed by atoms with van der Waals surface area (Å²) >= 11 is 0. The summed E-state index contributed by atoms with van der Waals surface area (Å²) in [5.41, 5.74) is 0.779. The molecule has 1 amide bonds. The van der Waals surface area contributed by atoms with Gasteiger partial charge in [-0.25, -0.2) is 4.79 Å². The van der Waals surface area contributed by atoms with Crippen LogP contribution in [-0.2, 0) is 20.8 Å². The van der Waals surface area contributed by atoms with Crippen molar-refractivity contribution in [1.29, 1.82) is 0 Å². The molecule has 0 saturated carbocycles. The summed E-state index contributed by atoms with van der Waals surface area (Å²) in [6, 6.07) is 2.51. The van der Waals surface area contributed by atoms with Crippen LogP contribution in [0, 0.1) is 5.92 Å². The fourth-order valence-electron chi connectivity index (χ4n) is 4.06. The van der Waals surface area contributed by atoms with E-state index in [-0.39, 0.29) is 48.0 Å². The van der Waals surface area contributed by atoms with Gasteiger partial charge in [0.05, 0.1) is 5.71 Å². The third-order valence-electron chi connectivity index (χ3n) is 5.90. The summed E-state index contributed by atoms with van der Waals surface area (Å²) in [6.45, 7) is 5.16. The molecule has 0 unspecified atom stereocenters. The van der Waals surface area contributed by atoms with E-state index in [0.29, 0.717) is 17.7 Å². The van der Waals surface area contributed by atoms with Gasteiger partial charge in [-0.05, 0) is 56.2 Å². The zero-order chi connectivity index (χ0) is 24.5. The van der Waals surface area contributed by atoms with Crippen LogP contribution in [0.2, 0.25) is 0 Å². The van der Waals surface area contributed by atoms with Crippen molar-refractivity contribution in [3.63, 3.8) is 0 Å². The second-order valence-corrected chi connectivity index (χ2v) is 8.97. The molecule has 1 aromatic rings. The molecule has 8 heteroatoms. The lowest BCUT2D eigenvalue weighted by atomic mass is 9.99. The number of piperidine rings is 1. The van der Waals surface area contributed by atoms with Crippen molar-refractivity contribution in [2.45, 2.75) is 58.5 Å². The summed E-state index contributed by atoms with van der Waals surface area (Å²) in [5, 5.41) is 24.6. The van der Waals surface area contributed by atoms with Gasteiger partial charge in [0.25, 0.3) is 5.91 Å². The minimum absolute atomic E-state index is 0.0236. The second kappa shape index (κ2) is 12.3.